The van der Waals surface area contributed by atoms with Crippen molar-refractivity contribution in [1.82, 2.24) is 10.2 Å². The molecule has 0 bridgehead atoms. The number of nitrogens with zero attached hydrogens (tertiary/aromatic N) is 1. The van der Waals surface area contributed by atoms with Crippen molar-refractivity contribution in [2.45, 2.75) is 24.9 Å². The van der Waals surface area contributed by atoms with Gasteiger partial charge in [-0.3, -0.25) is 4.90 Å². The average Bonchev–Trinajstić information content (AvgIpc) is 2.81. The lowest BCUT2D eigenvalue weighted by molar-refractivity contribution is -0.141. The van der Waals surface area contributed by atoms with Crippen LogP contribution in [0.2, 0.25) is 0 Å². The summed E-state index contributed by atoms with van der Waals surface area (Å²) in [5.74, 6) is -0.546. The fourth-order valence-corrected chi connectivity index (χ4v) is 3.46. The van der Waals surface area contributed by atoms with Crippen LogP contribution in [0.5, 0.6) is 0 Å². The molecule has 2 rings (SSSR count). The molecule has 0 radical (unpaired) electrons. The standard InChI is InChI=1S/C14H19N3O3S/c1-9-17(12(8-21-9)13(18)19)14(20)16-11-5-3-4-10(6-11)7-15-2/h3-6,9,12,15H,7-8H2,1-2H3,(H,16,20)(H,18,19). The first-order valence-corrected chi connectivity index (χ1v) is 7.75. The summed E-state index contributed by atoms with van der Waals surface area (Å²) in [5.41, 5.74) is 1.72. The summed E-state index contributed by atoms with van der Waals surface area (Å²) < 4.78 is 0. The third-order valence-electron chi connectivity index (χ3n) is 3.30. The highest BCUT2D eigenvalue weighted by Crippen LogP contribution is 2.29. The number of anilines is 1. The van der Waals surface area contributed by atoms with E-state index in [1.165, 1.54) is 16.7 Å². The van der Waals surface area contributed by atoms with Gasteiger partial charge in [0.2, 0.25) is 0 Å². The van der Waals surface area contributed by atoms with E-state index < -0.39 is 12.0 Å². The molecule has 21 heavy (non-hydrogen) atoms. The summed E-state index contributed by atoms with van der Waals surface area (Å²) in [5, 5.41) is 14.9. The van der Waals surface area contributed by atoms with Gasteiger partial charge >= 0.3 is 12.0 Å². The molecule has 6 nitrogen and oxygen atoms in total. The number of carboxylic acid groups (broad SMARTS) is 1. The lowest BCUT2D eigenvalue weighted by Gasteiger charge is -2.25. The van der Waals surface area contributed by atoms with Crippen molar-refractivity contribution < 1.29 is 14.7 Å². The Labute approximate surface area is 127 Å². The molecule has 1 saturated heterocycles. The second-order valence-electron chi connectivity index (χ2n) is 4.85. The first-order valence-electron chi connectivity index (χ1n) is 6.70. The van der Waals surface area contributed by atoms with Gasteiger partial charge < -0.3 is 15.7 Å². The van der Waals surface area contributed by atoms with Crippen molar-refractivity contribution in [3.05, 3.63) is 29.8 Å². The van der Waals surface area contributed by atoms with Crippen LogP contribution < -0.4 is 10.6 Å². The van der Waals surface area contributed by atoms with Gasteiger partial charge in [0.1, 0.15) is 6.04 Å². The number of rotatable bonds is 4. The number of thioether (sulfide) groups is 1. The molecule has 2 unspecified atom stereocenters. The van der Waals surface area contributed by atoms with E-state index in [1.807, 2.05) is 32.2 Å². The number of benzene rings is 1. The maximum absolute atomic E-state index is 12.3. The number of urea groups is 1. The molecule has 0 aliphatic carbocycles. The minimum atomic E-state index is -0.967. The Hall–Kier alpha value is -1.73. The number of aliphatic carboxylic acids is 1. The van der Waals surface area contributed by atoms with E-state index in [-0.39, 0.29) is 11.4 Å². The van der Waals surface area contributed by atoms with Gasteiger partial charge in [0.05, 0.1) is 5.37 Å². The van der Waals surface area contributed by atoms with E-state index in [4.69, 9.17) is 0 Å². The average molecular weight is 309 g/mol. The lowest BCUT2D eigenvalue weighted by atomic mass is 10.2. The summed E-state index contributed by atoms with van der Waals surface area (Å²) in [7, 11) is 1.85. The minimum absolute atomic E-state index is 0.147. The minimum Gasteiger partial charge on any atom is -0.480 e. The van der Waals surface area contributed by atoms with Crippen molar-refractivity contribution in [2.24, 2.45) is 0 Å². The largest absolute Gasteiger partial charge is 0.480 e. The molecule has 1 fully saturated rings. The molecule has 114 valence electrons. The molecule has 0 saturated carbocycles. The Kier molecular flexibility index (Phi) is 5.08. The van der Waals surface area contributed by atoms with Crippen LogP contribution in [0.25, 0.3) is 0 Å². The first-order chi connectivity index (χ1) is 10.0. The predicted molar refractivity (Wildman–Crippen MR) is 83.4 cm³/mol. The number of nitrogens with one attached hydrogen (secondary N) is 2. The van der Waals surface area contributed by atoms with Gasteiger partial charge in [0.25, 0.3) is 0 Å². The van der Waals surface area contributed by atoms with Crippen molar-refractivity contribution in [2.75, 3.05) is 18.1 Å². The van der Waals surface area contributed by atoms with E-state index >= 15 is 0 Å². The topological polar surface area (TPSA) is 81.7 Å². The molecular weight excluding hydrogens is 290 g/mol. The Balaban J connectivity index is 2.09. The van der Waals surface area contributed by atoms with Crippen LogP contribution in [0, 0.1) is 0 Å². The van der Waals surface area contributed by atoms with E-state index in [9.17, 15) is 14.7 Å². The molecular formula is C14H19N3O3S. The van der Waals surface area contributed by atoms with Crippen LogP contribution in [-0.4, -0.2) is 46.2 Å². The van der Waals surface area contributed by atoms with E-state index in [0.29, 0.717) is 18.0 Å². The van der Waals surface area contributed by atoms with Gasteiger partial charge in [0.15, 0.2) is 0 Å². The van der Waals surface area contributed by atoms with Crippen LogP contribution in [0.15, 0.2) is 24.3 Å². The second-order valence-corrected chi connectivity index (χ2v) is 6.20. The van der Waals surface area contributed by atoms with Crippen LogP contribution in [0.1, 0.15) is 12.5 Å². The van der Waals surface area contributed by atoms with Gasteiger partial charge in [-0.25, -0.2) is 9.59 Å². The molecule has 7 heteroatoms. The number of hydrogen-bond acceptors (Lipinski definition) is 4. The SMILES string of the molecule is CNCc1cccc(NC(=O)N2C(C)SCC2C(=O)O)c1. The highest BCUT2D eigenvalue weighted by Gasteiger charge is 2.39. The monoisotopic (exact) mass is 309 g/mol. The number of hydrogen-bond donors (Lipinski definition) is 3. The highest BCUT2D eigenvalue weighted by molar-refractivity contribution is 8.00. The zero-order valence-electron chi connectivity index (χ0n) is 12.0. The summed E-state index contributed by atoms with van der Waals surface area (Å²) in [6.07, 6.45) is 0. The van der Waals surface area contributed by atoms with Crippen molar-refractivity contribution in [3.63, 3.8) is 0 Å². The van der Waals surface area contributed by atoms with E-state index in [1.54, 1.807) is 6.07 Å². The smallest absolute Gasteiger partial charge is 0.327 e. The quantitative estimate of drug-likeness (QED) is 0.790. The molecule has 2 amide bonds. The molecule has 3 N–H and O–H groups in total. The highest BCUT2D eigenvalue weighted by atomic mass is 32.2. The van der Waals surface area contributed by atoms with Gasteiger partial charge in [0, 0.05) is 18.0 Å². The van der Waals surface area contributed by atoms with E-state index in [2.05, 4.69) is 10.6 Å². The maximum atomic E-state index is 12.3. The molecule has 0 aromatic heterocycles. The molecule has 1 aromatic carbocycles. The van der Waals surface area contributed by atoms with Crippen LogP contribution in [0.4, 0.5) is 10.5 Å². The maximum Gasteiger partial charge on any atom is 0.327 e. The summed E-state index contributed by atoms with van der Waals surface area (Å²) in [4.78, 5) is 24.9. The van der Waals surface area contributed by atoms with Crippen LogP contribution >= 0.6 is 11.8 Å². The Morgan fingerprint density at radius 1 is 1.48 bits per heavy atom. The van der Waals surface area contributed by atoms with Gasteiger partial charge in [-0.2, -0.15) is 0 Å². The van der Waals surface area contributed by atoms with Crippen molar-refractivity contribution in [3.8, 4) is 0 Å². The van der Waals surface area contributed by atoms with Gasteiger partial charge in [-0.05, 0) is 31.7 Å². The molecule has 0 spiro atoms. The third kappa shape index (κ3) is 3.68. The van der Waals surface area contributed by atoms with Crippen molar-refractivity contribution in [1.29, 1.82) is 0 Å². The number of amides is 2. The molecule has 1 aromatic rings. The Bertz CT molecular complexity index is 538. The molecule has 1 heterocycles. The zero-order valence-corrected chi connectivity index (χ0v) is 12.8. The van der Waals surface area contributed by atoms with Gasteiger partial charge in [-0.15, -0.1) is 11.8 Å². The first kappa shape index (κ1) is 15.7. The number of carboxylic acids is 1. The molecule has 1 aliphatic heterocycles. The summed E-state index contributed by atoms with van der Waals surface area (Å²) in [6.45, 7) is 2.54. The van der Waals surface area contributed by atoms with Crippen LogP contribution in [0.3, 0.4) is 0 Å². The Morgan fingerprint density at radius 3 is 2.90 bits per heavy atom. The molecule has 2 atom stereocenters. The fraction of sp³-hybridized carbons (Fsp3) is 0.429. The van der Waals surface area contributed by atoms with Crippen molar-refractivity contribution >= 4 is 29.4 Å². The number of carbonyl (C=O) groups excluding carboxylic acids is 1. The normalized spacial score (nSPS) is 21.3. The Morgan fingerprint density at radius 2 is 2.24 bits per heavy atom. The summed E-state index contributed by atoms with van der Waals surface area (Å²) >= 11 is 1.47. The zero-order chi connectivity index (χ0) is 15.4. The number of carbonyl (C=O) groups is 2. The third-order valence-corrected chi connectivity index (χ3v) is 4.52. The van der Waals surface area contributed by atoms with Crippen LogP contribution in [-0.2, 0) is 11.3 Å². The molecule has 1 aliphatic rings. The lowest BCUT2D eigenvalue weighted by Crippen LogP contribution is -2.46. The fourth-order valence-electron chi connectivity index (χ4n) is 2.29. The van der Waals surface area contributed by atoms with Gasteiger partial charge in [-0.1, -0.05) is 12.1 Å². The second kappa shape index (κ2) is 6.82. The predicted octanol–water partition coefficient (Wildman–Crippen LogP) is 1.79. The summed E-state index contributed by atoms with van der Waals surface area (Å²) in [6, 6.07) is 6.34. The van der Waals surface area contributed by atoms with E-state index in [0.717, 1.165) is 5.56 Å².